The highest BCUT2D eigenvalue weighted by molar-refractivity contribution is 5.81. The molecular weight excluding hydrogens is 254 g/mol. The predicted molar refractivity (Wildman–Crippen MR) is 77.9 cm³/mol. The fourth-order valence-corrected chi connectivity index (χ4v) is 2.81. The molecule has 2 heterocycles. The molecule has 1 saturated heterocycles. The van der Waals surface area contributed by atoms with Gasteiger partial charge in [0.1, 0.15) is 5.58 Å². The van der Waals surface area contributed by atoms with Crippen LogP contribution in [0.2, 0.25) is 0 Å². The van der Waals surface area contributed by atoms with Crippen LogP contribution >= 0.6 is 0 Å². The minimum absolute atomic E-state index is 0.245. The third-order valence-corrected chi connectivity index (χ3v) is 4.09. The van der Waals surface area contributed by atoms with Gasteiger partial charge in [-0.2, -0.15) is 0 Å². The maximum Gasteiger partial charge on any atom is 0.336 e. The highest BCUT2D eigenvalue weighted by Crippen LogP contribution is 2.23. The standard InChI is InChI=1S/C16H19NO3/c1-10-5-14-12(8-17-4-3-13(18)9-17)7-16(19)20-15(14)6-11(10)2/h5-7,13,18H,3-4,8-9H2,1-2H3/t13-/m1/s1. The van der Waals surface area contributed by atoms with Crippen molar-refractivity contribution in [3.8, 4) is 0 Å². The van der Waals surface area contributed by atoms with Crippen molar-refractivity contribution in [2.24, 2.45) is 0 Å². The molecule has 1 aliphatic rings. The Balaban J connectivity index is 2.05. The lowest BCUT2D eigenvalue weighted by atomic mass is 10.0. The smallest absolute Gasteiger partial charge is 0.336 e. The van der Waals surface area contributed by atoms with Crippen LogP contribution in [0.25, 0.3) is 11.0 Å². The second-order valence-corrected chi connectivity index (χ2v) is 5.70. The van der Waals surface area contributed by atoms with Crippen molar-refractivity contribution in [2.75, 3.05) is 13.1 Å². The number of rotatable bonds is 2. The maximum atomic E-state index is 11.7. The van der Waals surface area contributed by atoms with Crippen LogP contribution in [0.5, 0.6) is 0 Å². The number of likely N-dealkylation sites (tertiary alicyclic amines) is 1. The van der Waals surface area contributed by atoms with Crippen molar-refractivity contribution in [1.29, 1.82) is 0 Å². The molecule has 0 amide bonds. The number of aliphatic hydroxyl groups is 1. The van der Waals surface area contributed by atoms with Crippen LogP contribution in [0.4, 0.5) is 0 Å². The summed E-state index contributed by atoms with van der Waals surface area (Å²) in [7, 11) is 0. The average Bonchev–Trinajstić information content (AvgIpc) is 2.77. The van der Waals surface area contributed by atoms with Gasteiger partial charge in [0.25, 0.3) is 0 Å². The summed E-state index contributed by atoms with van der Waals surface area (Å²) in [5.74, 6) is 0. The Morgan fingerprint density at radius 3 is 2.75 bits per heavy atom. The summed E-state index contributed by atoms with van der Waals surface area (Å²) in [5.41, 5.74) is 3.63. The zero-order valence-corrected chi connectivity index (χ0v) is 11.8. The largest absolute Gasteiger partial charge is 0.423 e. The number of benzene rings is 1. The molecule has 0 radical (unpaired) electrons. The molecule has 0 aliphatic carbocycles. The van der Waals surface area contributed by atoms with Crippen LogP contribution in [-0.4, -0.2) is 29.2 Å². The van der Waals surface area contributed by atoms with E-state index in [1.807, 2.05) is 13.0 Å². The first-order chi connectivity index (χ1) is 9.52. The molecule has 3 rings (SSSR count). The number of hydrogen-bond donors (Lipinski definition) is 1. The quantitative estimate of drug-likeness (QED) is 0.850. The molecule has 0 saturated carbocycles. The van der Waals surface area contributed by atoms with Crippen molar-refractivity contribution in [2.45, 2.75) is 32.9 Å². The second-order valence-electron chi connectivity index (χ2n) is 5.70. The Labute approximate surface area is 117 Å². The van der Waals surface area contributed by atoms with Crippen molar-refractivity contribution >= 4 is 11.0 Å². The second kappa shape index (κ2) is 5.04. The first kappa shape index (κ1) is 13.3. The van der Waals surface area contributed by atoms with Crippen molar-refractivity contribution in [3.05, 3.63) is 45.3 Å². The summed E-state index contributed by atoms with van der Waals surface area (Å²) in [5, 5.41) is 10.6. The zero-order valence-electron chi connectivity index (χ0n) is 11.8. The lowest BCUT2D eigenvalue weighted by Crippen LogP contribution is -2.22. The molecule has 1 aliphatic heterocycles. The lowest BCUT2D eigenvalue weighted by molar-refractivity contribution is 0.175. The Kier molecular flexibility index (Phi) is 3.36. The van der Waals surface area contributed by atoms with Crippen LogP contribution in [0.3, 0.4) is 0 Å². The molecule has 106 valence electrons. The molecule has 0 unspecified atom stereocenters. The van der Waals surface area contributed by atoms with E-state index < -0.39 is 0 Å². The molecular formula is C16H19NO3. The monoisotopic (exact) mass is 273 g/mol. The summed E-state index contributed by atoms with van der Waals surface area (Å²) in [6.45, 7) is 6.30. The molecule has 1 aromatic carbocycles. The predicted octanol–water partition coefficient (Wildman–Crippen LogP) is 1.98. The van der Waals surface area contributed by atoms with Gasteiger partial charge in [0.2, 0.25) is 0 Å². The van der Waals surface area contributed by atoms with Gasteiger partial charge in [0.15, 0.2) is 0 Å². The third kappa shape index (κ3) is 2.49. The number of aliphatic hydroxyl groups excluding tert-OH is 1. The van der Waals surface area contributed by atoms with Crippen molar-refractivity contribution < 1.29 is 9.52 Å². The van der Waals surface area contributed by atoms with Gasteiger partial charge >= 0.3 is 5.63 Å². The first-order valence-electron chi connectivity index (χ1n) is 6.97. The van der Waals surface area contributed by atoms with Crippen LogP contribution in [0.1, 0.15) is 23.1 Å². The van der Waals surface area contributed by atoms with Gasteiger partial charge in [-0.3, -0.25) is 4.90 Å². The molecule has 0 spiro atoms. The highest BCUT2D eigenvalue weighted by Gasteiger charge is 2.21. The van der Waals surface area contributed by atoms with E-state index in [1.165, 1.54) is 5.56 Å². The normalized spacial score (nSPS) is 19.9. The van der Waals surface area contributed by atoms with E-state index in [0.717, 1.165) is 29.5 Å². The van der Waals surface area contributed by atoms with Crippen LogP contribution in [0, 0.1) is 13.8 Å². The van der Waals surface area contributed by atoms with Gasteiger partial charge < -0.3 is 9.52 Å². The third-order valence-electron chi connectivity index (χ3n) is 4.09. The maximum absolute atomic E-state index is 11.7. The van der Waals surface area contributed by atoms with Gasteiger partial charge in [-0.1, -0.05) is 0 Å². The van der Waals surface area contributed by atoms with E-state index in [0.29, 0.717) is 18.7 Å². The van der Waals surface area contributed by atoms with Gasteiger partial charge in [-0.05, 0) is 49.1 Å². The Morgan fingerprint density at radius 2 is 2.05 bits per heavy atom. The highest BCUT2D eigenvalue weighted by atomic mass is 16.4. The molecule has 1 fully saturated rings. The molecule has 1 atom stereocenters. The Bertz CT molecular complexity index is 705. The number of nitrogens with zero attached hydrogens (tertiary/aromatic N) is 1. The summed E-state index contributed by atoms with van der Waals surface area (Å²) in [6, 6.07) is 5.58. The summed E-state index contributed by atoms with van der Waals surface area (Å²) >= 11 is 0. The van der Waals surface area contributed by atoms with E-state index in [2.05, 4.69) is 17.9 Å². The van der Waals surface area contributed by atoms with Crippen LogP contribution in [-0.2, 0) is 6.54 Å². The fourth-order valence-electron chi connectivity index (χ4n) is 2.81. The Hall–Kier alpha value is -1.65. The zero-order chi connectivity index (χ0) is 14.3. The van der Waals surface area contributed by atoms with E-state index >= 15 is 0 Å². The summed E-state index contributed by atoms with van der Waals surface area (Å²) < 4.78 is 5.30. The number of β-amino-alcohol motifs (C(OH)–C–C–N with tert-alkyl or cyclic N) is 1. The molecule has 4 nitrogen and oxygen atoms in total. The number of aryl methyl sites for hydroxylation is 2. The molecule has 20 heavy (non-hydrogen) atoms. The molecule has 1 N–H and O–H groups in total. The number of fused-ring (bicyclic) bond motifs is 1. The van der Waals surface area contributed by atoms with E-state index in [1.54, 1.807) is 6.07 Å². The molecule has 1 aromatic heterocycles. The van der Waals surface area contributed by atoms with Crippen molar-refractivity contribution in [3.63, 3.8) is 0 Å². The minimum Gasteiger partial charge on any atom is -0.423 e. The summed E-state index contributed by atoms with van der Waals surface area (Å²) in [6.07, 6.45) is 0.558. The SMILES string of the molecule is Cc1cc2oc(=O)cc(CN3CC[C@@H](O)C3)c2cc1C. The number of hydrogen-bond acceptors (Lipinski definition) is 4. The summed E-state index contributed by atoms with van der Waals surface area (Å²) in [4.78, 5) is 13.9. The first-order valence-corrected chi connectivity index (χ1v) is 6.97. The van der Waals surface area contributed by atoms with Gasteiger partial charge in [0.05, 0.1) is 6.10 Å². The lowest BCUT2D eigenvalue weighted by Gasteiger charge is -2.16. The van der Waals surface area contributed by atoms with E-state index in [4.69, 9.17) is 4.42 Å². The van der Waals surface area contributed by atoms with Crippen molar-refractivity contribution in [1.82, 2.24) is 4.90 Å². The molecule has 0 bridgehead atoms. The molecule has 2 aromatic rings. The minimum atomic E-state index is -0.310. The van der Waals surface area contributed by atoms with E-state index in [9.17, 15) is 9.90 Å². The average molecular weight is 273 g/mol. The van der Waals surface area contributed by atoms with Crippen LogP contribution in [0.15, 0.2) is 27.4 Å². The Morgan fingerprint density at radius 1 is 1.30 bits per heavy atom. The van der Waals surface area contributed by atoms with E-state index in [-0.39, 0.29) is 11.7 Å². The van der Waals surface area contributed by atoms with Gasteiger partial charge in [0, 0.05) is 31.1 Å². The topological polar surface area (TPSA) is 53.7 Å². The van der Waals surface area contributed by atoms with Gasteiger partial charge in [-0.25, -0.2) is 4.79 Å². The fraction of sp³-hybridized carbons (Fsp3) is 0.438. The van der Waals surface area contributed by atoms with Gasteiger partial charge in [-0.15, -0.1) is 0 Å². The van der Waals surface area contributed by atoms with Crippen LogP contribution < -0.4 is 5.63 Å². The molecule has 4 heteroatoms.